The Kier molecular flexibility index (Phi) is 3.41. The van der Waals surface area contributed by atoms with Crippen LogP contribution in [0.4, 0.5) is 4.39 Å². The normalized spacial score (nSPS) is 10.8. The molecule has 1 N–H and O–H groups in total. The highest BCUT2D eigenvalue weighted by Crippen LogP contribution is 2.22. The molecule has 0 saturated heterocycles. The number of hydrogen-bond acceptors (Lipinski definition) is 1. The van der Waals surface area contributed by atoms with Gasteiger partial charge in [0.1, 0.15) is 5.82 Å². The Morgan fingerprint density at radius 2 is 2.21 bits per heavy atom. The summed E-state index contributed by atoms with van der Waals surface area (Å²) in [6.07, 6.45) is 2.14. The summed E-state index contributed by atoms with van der Waals surface area (Å²) in [5.41, 5.74) is 0.741. The van der Waals surface area contributed by atoms with Gasteiger partial charge in [-0.15, -0.1) is 0 Å². The third-order valence-corrected chi connectivity index (χ3v) is 2.61. The lowest BCUT2D eigenvalue weighted by atomic mass is 10.1. The van der Waals surface area contributed by atoms with E-state index in [1.54, 1.807) is 13.0 Å². The molecule has 0 atom stereocenters. The van der Waals surface area contributed by atoms with E-state index in [-0.39, 0.29) is 5.56 Å². The van der Waals surface area contributed by atoms with Crippen LogP contribution < -0.4 is 0 Å². The molecular weight excluding hydrogens is 251 g/mol. The molecule has 1 rings (SSSR count). The maximum absolute atomic E-state index is 13.4. The van der Waals surface area contributed by atoms with Crippen LogP contribution in [0.3, 0.4) is 0 Å². The number of carboxylic acids is 1. The van der Waals surface area contributed by atoms with Crippen molar-refractivity contribution in [3.05, 3.63) is 39.6 Å². The van der Waals surface area contributed by atoms with Gasteiger partial charge in [-0.2, -0.15) is 0 Å². The average Bonchev–Trinajstić information content (AvgIpc) is 2.13. The van der Waals surface area contributed by atoms with E-state index >= 15 is 0 Å². The lowest BCUT2D eigenvalue weighted by Crippen LogP contribution is -1.90. The zero-order chi connectivity index (χ0) is 10.7. The minimum atomic E-state index is -1.09. The molecule has 0 saturated carbocycles. The summed E-state index contributed by atoms with van der Waals surface area (Å²) in [7, 11) is 0. The zero-order valence-electron chi connectivity index (χ0n) is 7.42. The smallest absolute Gasteiger partial charge is 0.328 e. The second-order valence-corrected chi connectivity index (χ2v) is 3.60. The third-order valence-electron chi connectivity index (χ3n) is 1.76. The van der Waals surface area contributed by atoms with Crippen LogP contribution in [0.2, 0.25) is 0 Å². The molecule has 0 bridgehead atoms. The van der Waals surface area contributed by atoms with Crippen LogP contribution in [-0.4, -0.2) is 11.1 Å². The molecule has 14 heavy (non-hydrogen) atoms. The molecule has 0 fully saturated rings. The molecule has 1 aromatic carbocycles. The quantitative estimate of drug-likeness (QED) is 0.829. The summed E-state index contributed by atoms with van der Waals surface area (Å²) in [6, 6.07) is 3.20. The van der Waals surface area contributed by atoms with Crippen LogP contribution in [0.15, 0.2) is 22.7 Å². The molecule has 0 aliphatic heterocycles. The first-order valence-electron chi connectivity index (χ1n) is 3.88. The van der Waals surface area contributed by atoms with Gasteiger partial charge < -0.3 is 5.11 Å². The van der Waals surface area contributed by atoms with E-state index in [1.165, 1.54) is 12.1 Å². The van der Waals surface area contributed by atoms with E-state index in [2.05, 4.69) is 15.9 Å². The Morgan fingerprint density at radius 1 is 1.57 bits per heavy atom. The molecular formula is C10H8BrFO2. The van der Waals surface area contributed by atoms with Crippen LogP contribution in [0, 0.1) is 12.7 Å². The largest absolute Gasteiger partial charge is 0.478 e. The highest BCUT2D eigenvalue weighted by atomic mass is 79.9. The van der Waals surface area contributed by atoms with E-state index in [9.17, 15) is 9.18 Å². The van der Waals surface area contributed by atoms with Crippen molar-refractivity contribution in [2.24, 2.45) is 0 Å². The summed E-state index contributed by atoms with van der Waals surface area (Å²) in [5.74, 6) is -1.50. The van der Waals surface area contributed by atoms with Gasteiger partial charge in [-0.3, -0.25) is 0 Å². The molecule has 0 radical (unpaired) electrons. The van der Waals surface area contributed by atoms with Crippen LogP contribution in [0.5, 0.6) is 0 Å². The van der Waals surface area contributed by atoms with Crippen molar-refractivity contribution in [3.63, 3.8) is 0 Å². The lowest BCUT2D eigenvalue weighted by Gasteiger charge is -2.02. The highest BCUT2D eigenvalue weighted by Gasteiger charge is 2.05. The first-order valence-corrected chi connectivity index (χ1v) is 4.67. The number of carboxylic acid groups (broad SMARTS) is 1. The van der Waals surface area contributed by atoms with E-state index in [0.717, 1.165) is 6.08 Å². The fraction of sp³-hybridized carbons (Fsp3) is 0.100. The predicted octanol–water partition coefficient (Wildman–Crippen LogP) is 2.99. The Labute approximate surface area is 89.2 Å². The molecule has 4 heteroatoms. The number of benzene rings is 1. The monoisotopic (exact) mass is 258 g/mol. The maximum atomic E-state index is 13.4. The topological polar surface area (TPSA) is 37.3 Å². The van der Waals surface area contributed by atoms with Gasteiger partial charge in [0.25, 0.3) is 0 Å². The van der Waals surface area contributed by atoms with Gasteiger partial charge in [0.15, 0.2) is 0 Å². The summed E-state index contributed by atoms with van der Waals surface area (Å²) in [4.78, 5) is 10.2. The minimum absolute atomic E-state index is 0.271. The van der Waals surface area contributed by atoms with Gasteiger partial charge in [0, 0.05) is 16.1 Å². The van der Waals surface area contributed by atoms with Gasteiger partial charge in [0.2, 0.25) is 0 Å². The van der Waals surface area contributed by atoms with Crippen molar-refractivity contribution in [2.45, 2.75) is 6.92 Å². The van der Waals surface area contributed by atoms with Gasteiger partial charge in [-0.25, -0.2) is 9.18 Å². The fourth-order valence-electron chi connectivity index (χ4n) is 0.972. The second kappa shape index (κ2) is 4.37. The molecule has 0 amide bonds. The molecule has 0 aromatic heterocycles. The first kappa shape index (κ1) is 10.9. The number of aliphatic carboxylic acids is 1. The van der Waals surface area contributed by atoms with Crippen LogP contribution in [0.25, 0.3) is 6.08 Å². The number of rotatable bonds is 2. The van der Waals surface area contributed by atoms with Crippen molar-refractivity contribution in [2.75, 3.05) is 0 Å². The fourth-order valence-corrected chi connectivity index (χ4v) is 1.28. The minimum Gasteiger partial charge on any atom is -0.478 e. The SMILES string of the molecule is Cc1c(Br)ccc(/C=C/C(=O)O)c1F. The van der Waals surface area contributed by atoms with Gasteiger partial charge >= 0.3 is 5.97 Å². The predicted molar refractivity (Wildman–Crippen MR) is 55.5 cm³/mol. The molecule has 0 heterocycles. The molecule has 2 nitrogen and oxygen atoms in total. The Hall–Kier alpha value is -1.16. The van der Waals surface area contributed by atoms with Crippen LogP contribution in [-0.2, 0) is 4.79 Å². The highest BCUT2D eigenvalue weighted by molar-refractivity contribution is 9.10. The molecule has 0 aliphatic carbocycles. The Morgan fingerprint density at radius 3 is 2.79 bits per heavy atom. The van der Waals surface area contributed by atoms with Gasteiger partial charge in [-0.1, -0.05) is 22.0 Å². The Bertz CT molecular complexity index is 399. The van der Waals surface area contributed by atoms with Crippen molar-refractivity contribution in [1.29, 1.82) is 0 Å². The summed E-state index contributed by atoms with van der Waals surface area (Å²) < 4.78 is 14.1. The molecule has 1 aromatic rings. The Balaban J connectivity index is 3.12. The summed E-state index contributed by atoms with van der Waals surface area (Å²) >= 11 is 3.18. The summed E-state index contributed by atoms with van der Waals surface area (Å²) in [5, 5.41) is 8.37. The van der Waals surface area contributed by atoms with E-state index in [1.807, 2.05) is 0 Å². The maximum Gasteiger partial charge on any atom is 0.328 e. The summed E-state index contributed by atoms with van der Waals surface area (Å²) in [6.45, 7) is 1.62. The van der Waals surface area contributed by atoms with Crippen molar-refractivity contribution < 1.29 is 14.3 Å². The van der Waals surface area contributed by atoms with E-state index in [4.69, 9.17) is 5.11 Å². The van der Waals surface area contributed by atoms with Gasteiger partial charge in [-0.05, 0) is 24.6 Å². The van der Waals surface area contributed by atoms with Gasteiger partial charge in [0.05, 0.1) is 0 Å². The third kappa shape index (κ3) is 2.42. The number of carbonyl (C=O) groups is 1. The number of halogens is 2. The lowest BCUT2D eigenvalue weighted by molar-refractivity contribution is -0.131. The molecule has 0 unspecified atom stereocenters. The second-order valence-electron chi connectivity index (χ2n) is 2.75. The molecule has 0 aliphatic rings. The molecule has 0 spiro atoms. The zero-order valence-corrected chi connectivity index (χ0v) is 9.01. The van der Waals surface area contributed by atoms with E-state index in [0.29, 0.717) is 10.0 Å². The van der Waals surface area contributed by atoms with Crippen LogP contribution in [0.1, 0.15) is 11.1 Å². The van der Waals surface area contributed by atoms with Crippen molar-refractivity contribution in [3.8, 4) is 0 Å². The standard InChI is InChI=1S/C10H8BrFO2/c1-6-8(11)4-2-7(10(6)12)3-5-9(13)14/h2-5H,1H3,(H,13,14)/b5-3+. The van der Waals surface area contributed by atoms with Crippen molar-refractivity contribution in [1.82, 2.24) is 0 Å². The van der Waals surface area contributed by atoms with Crippen LogP contribution >= 0.6 is 15.9 Å². The van der Waals surface area contributed by atoms with E-state index < -0.39 is 11.8 Å². The van der Waals surface area contributed by atoms with Crippen molar-refractivity contribution >= 4 is 28.0 Å². The average molecular weight is 259 g/mol. The first-order chi connectivity index (χ1) is 6.52. The molecule has 74 valence electrons. The number of hydrogen-bond donors (Lipinski definition) is 1.